The van der Waals surface area contributed by atoms with Crippen LogP contribution in [0.25, 0.3) is 10.9 Å². The van der Waals surface area contributed by atoms with Crippen molar-refractivity contribution in [1.29, 1.82) is 0 Å². The molecular weight excluding hydrogens is 325 g/mol. The SMILES string of the molecule is COc1cc2c(CC(=O)O)c(CN(C)C)n(C)c2cc1C(F)(F)F. The number of fused-ring (bicyclic) bond motifs is 1. The number of aryl methyl sites for hydroxylation is 1. The summed E-state index contributed by atoms with van der Waals surface area (Å²) in [6.45, 7) is 0.414. The molecular formula is C16H19F3N2O3. The largest absolute Gasteiger partial charge is 0.496 e. The number of benzene rings is 1. The number of halogens is 3. The van der Waals surface area contributed by atoms with Crippen LogP contribution in [0.3, 0.4) is 0 Å². The van der Waals surface area contributed by atoms with Crippen molar-refractivity contribution in [1.82, 2.24) is 9.47 Å². The first-order valence-electron chi connectivity index (χ1n) is 7.18. The summed E-state index contributed by atoms with van der Waals surface area (Å²) in [6.07, 6.45) is -4.83. The average molecular weight is 344 g/mol. The Morgan fingerprint density at radius 3 is 2.42 bits per heavy atom. The highest BCUT2D eigenvalue weighted by molar-refractivity contribution is 5.91. The third kappa shape index (κ3) is 3.33. The maximum Gasteiger partial charge on any atom is 0.420 e. The Morgan fingerprint density at radius 1 is 1.33 bits per heavy atom. The molecule has 0 fully saturated rings. The van der Waals surface area contributed by atoms with Gasteiger partial charge in [0.05, 0.1) is 19.1 Å². The zero-order chi connectivity index (χ0) is 18.2. The van der Waals surface area contributed by atoms with Crippen LogP contribution in [0.15, 0.2) is 12.1 Å². The summed E-state index contributed by atoms with van der Waals surface area (Å²) in [4.78, 5) is 13.0. The van der Waals surface area contributed by atoms with Crippen LogP contribution in [-0.2, 0) is 31.0 Å². The number of nitrogens with zero attached hydrogens (tertiary/aromatic N) is 2. The molecule has 0 atom stereocenters. The Bertz CT molecular complexity index is 779. The molecule has 1 aromatic carbocycles. The van der Waals surface area contributed by atoms with Gasteiger partial charge in [-0.05, 0) is 31.8 Å². The normalized spacial score (nSPS) is 12.2. The van der Waals surface area contributed by atoms with Gasteiger partial charge in [0.15, 0.2) is 0 Å². The van der Waals surface area contributed by atoms with E-state index in [-0.39, 0.29) is 12.2 Å². The van der Waals surface area contributed by atoms with Crippen LogP contribution in [0.1, 0.15) is 16.8 Å². The van der Waals surface area contributed by atoms with Crippen molar-refractivity contribution in [3.63, 3.8) is 0 Å². The molecule has 132 valence electrons. The first kappa shape index (κ1) is 18.1. The van der Waals surface area contributed by atoms with E-state index < -0.39 is 17.7 Å². The molecule has 0 unspecified atom stereocenters. The van der Waals surface area contributed by atoms with E-state index in [1.165, 1.54) is 6.07 Å². The number of ether oxygens (including phenoxy) is 1. The molecule has 0 aliphatic rings. The van der Waals surface area contributed by atoms with Gasteiger partial charge < -0.3 is 19.3 Å². The van der Waals surface area contributed by atoms with Gasteiger partial charge in [-0.2, -0.15) is 13.2 Å². The van der Waals surface area contributed by atoms with Crippen LogP contribution in [0.4, 0.5) is 13.2 Å². The van der Waals surface area contributed by atoms with Gasteiger partial charge in [0.1, 0.15) is 5.75 Å². The number of aliphatic carboxylic acids is 1. The minimum Gasteiger partial charge on any atom is -0.496 e. The predicted octanol–water partition coefficient (Wildman–Crippen LogP) is 2.89. The topological polar surface area (TPSA) is 54.7 Å². The number of alkyl halides is 3. The van der Waals surface area contributed by atoms with Gasteiger partial charge in [-0.3, -0.25) is 4.79 Å². The van der Waals surface area contributed by atoms with Crippen molar-refractivity contribution < 1.29 is 27.8 Å². The lowest BCUT2D eigenvalue weighted by atomic mass is 10.0. The van der Waals surface area contributed by atoms with E-state index in [4.69, 9.17) is 4.74 Å². The molecule has 1 N–H and O–H groups in total. The molecule has 0 aliphatic heterocycles. The number of aromatic nitrogens is 1. The van der Waals surface area contributed by atoms with Gasteiger partial charge in [-0.1, -0.05) is 0 Å². The summed E-state index contributed by atoms with van der Waals surface area (Å²) in [5.41, 5.74) is 0.618. The lowest BCUT2D eigenvalue weighted by Crippen LogP contribution is -2.16. The second-order valence-corrected chi connectivity index (χ2v) is 5.86. The van der Waals surface area contributed by atoms with E-state index in [0.717, 1.165) is 13.2 Å². The number of hydrogen-bond donors (Lipinski definition) is 1. The van der Waals surface area contributed by atoms with Gasteiger partial charge in [0, 0.05) is 30.2 Å². The van der Waals surface area contributed by atoms with Crippen molar-refractivity contribution in [2.24, 2.45) is 7.05 Å². The molecule has 5 nitrogen and oxygen atoms in total. The molecule has 24 heavy (non-hydrogen) atoms. The first-order valence-corrected chi connectivity index (χ1v) is 7.18. The van der Waals surface area contributed by atoms with Gasteiger partial charge in [-0.25, -0.2) is 0 Å². The molecule has 8 heteroatoms. The molecule has 2 rings (SSSR count). The fourth-order valence-corrected chi connectivity index (χ4v) is 2.83. The van der Waals surface area contributed by atoms with E-state index in [1.54, 1.807) is 11.6 Å². The van der Waals surface area contributed by atoms with E-state index >= 15 is 0 Å². The van der Waals surface area contributed by atoms with Crippen LogP contribution in [0.5, 0.6) is 5.75 Å². The molecule has 0 bridgehead atoms. The number of rotatable bonds is 5. The molecule has 0 radical (unpaired) electrons. The molecule has 0 saturated heterocycles. The lowest BCUT2D eigenvalue weighted by Gasteiger charge is -2.13. The van der Waals surface area contributed by atoms with E-state index in [9.17, 15) is 23.1 Å². The third-order valence-corrected chi connectivity index (χ3v) is 3.86. The number of carboxylic acids is 1. The summed E-state index contributed by atoms with van der Waals surface area (Å²) < 4.78 is 46.2. The average Bonchev–Trinajstić information content (AvgIpc) is 2.69. The Hall–Kier alpha value is -2.22. The maximum atomic E-state index is 13.2. The molecule has 2 aromatic rings. The smallest absolute Gasteiger partial charge is 0.420 e. The van der Waals surface area contributed by atoms with Crippen molar-refractivity contribution in [2.75, 3.05) is 21.2 Å². The second kappa shape index (κ2) is 6.35. The zero-order valence-corrected chi connectivity index (χ0v) is 13.9. The van der Waals surface area contributed by atoms with Crippen LogP contribution in [0, 0.1) is 0 Å². The molecule has 1 aromatic heterocycles. The van der Waals surface area contributed by atoms with Crippen molar-refractivity contribution in [3.05, 3.63) is 29.0 Å². The number of hydrogen-bond acceptors (Lipinski definition) is 3. The van der Waals surface area contributed by atoms with Crippen LogP contribution in [-0.4, -0.2) is 41.7 Å². The minimum absolute atomic E-state index is 0.269. The van der Waals surface area contributed by atoms with E-state index in [1.807, 2.05) is 19.0 Å². The van der Waals surface area contributed by atoms with Gasteiger partial charge in [0.2, 0.25) is 0 Å². The van der Waals surface area contributed by atoms with Crippen LogP contribution in [0.2, 0.25) is 0 Å². The predicted molar refractivity (Wildman–Crippen MR) is 83.2 cm³/mol. The van der Waals surface area contributed by atoms with Crippen molar-refractivity contribution in [3.8, 4) is 5.75 Å². The third-order valence-electron chi connectivity index (χ3n) is 3.86. The Morgan fingerprint density at radius 2 is 1.96 bits per heavy atom. The van der Waals surface area contributed by atoms with Crippen LogP contribution < -0.4 is 4.74 Å². The fourth-order valence-electron chi connectivity index (χ4n) is 2.83. The molecule has 0 amide bonds. The van der Waals surface area contributed by atoms with E-state index in [2.05, 4.69) is 0 Å². The lowest BCUT2D eigenvalue weighted by molar-refractivity contribution is -0.139. The minimum atomic E-state index is -4.56. The number of carboxylic acid groups (broad SMARTS) is 1. The summed E-state index contributed by atoms with van der Waals surface area (Å²) in [5.74, 6) is -1.36. The summed E-state index contributed by atoms with van der Waals surface area (Å²) in [6, 6.07) is 2.29. The Balaban J connectivity index is 2.82. The summed E-state index contributed by atoms with van der Waals surface area (Å²) >= 11 is 0. The van der Waals surface area contributed by atoms with Gasteiger partial charge in [-0.15, -0.1) is 0 Å². The van der Waals surface area contributed by atoms with Gasteiger partial charge in [0.25, 0.3) is 0 Å². The Kier molecular flexibility index (Phi) is 4.80. The quantitative estimate of drug-likeness (QED) is 0.906. The van der Waals surface area contributed by atoms with Gasteiger partial charge >= 0.3 is 12.1 Å². The molecule has 0 saturated carbocycles. The fraction of sp³-hybridized carbons (Fsp3) is 0.438. The highest BCUT2D eigenvalue weighted by atomic mass is 19.4. The van der Waals surface area contributed by atoms with E-state index in [0.29, 0.717) is 28.7 Å². The maximum absolute atomic E-state index is 13.2. The number of methoxy groups -OCH3 is 1. The highest BCUT2D eigenvalue weighted by Gasteiger charge is 2.35. The van der Waals surface area contributed by atoms with Crippen LogP contribution >= 0.6 is 0 Å². The molecule has 0 spiro atoms. The zero-order valence-electron chi connectivity index (χ0n) is 13.9. The molecule has 1 heterocycles. The highest BCUT2D eigenvalue weighted by Crippen LogP contribution is 2.40. The monoisotopic (exact) mass is 344 g/mol. The molecule has 0 aliphatic carbocycles. The second-order valence-electron chi connectivity index (χ2n) is 5.86. The van der Waals surface area contributed by atoms with Crippen molar-refractivity contribution in [2.45, 2.75) is 19.1 Å². The van der Waals surface area contributed by atoms with Crippen molar-refractivity contribution >= 4 is 16.9 Å². The number of carbonyl (C=O) groups is 1. The first-order chi connectivity index (χ1) is 11.1. The summed E-state index contributed by atoms with van der Waals surface area (Å²) in [7, 11) is 6.42. The summed E-state index contributed by atoms with van der Waals surface area (Å²) in [5, 5.41) is 9.63. The Labute approximate surface area is 137 Å². The standard InChI is InChI=1S/C16H19F3N2O3/c1-20(2)8-13-10(6-15(22)23)9-5-14(24-4)11(16(17,18)19)7-12(9)21(13)3/h5,7H,6,8H2,1-4H3,(H,22,23).